The first kappa shape index (κ1) is 23.3. The molecule has 0 atom stereocenters. The van der Waals surface area contributed by atoms with Gasteiger partial charge in [0.2, 0.25) is 5.71 Å². The molecule has 1 aliphatic carbocycles. The molecule has 3 aromatic heterocycles. The van der Waals surface area contributed by atoms with E-state index in [-0.39, 0.29) is 0 Å². The van der Waals surface area contributed by atoms with Crippen LogP contribution in [0.1, 0.15) is 16.7 Å². The molecule has 5 heterocycles. The number of pyridine rings is 1. The van der Waals surface area contributed by atoms with Crippen molar-refractivity contribution in [2.75, 3.05) is 55.8 Å². The Bertz CT molecular complexity index is 1570. The van der Waals surface area contributed by atoms with Crippen molar-refractivity contribution >= 4 is 56.5 Å². The zero-order valence-corrected chi connectivity index (χ0v) is 21.9. The molecular formula is C27H26ClN5O3S. The molecule has 4 aromatic rings. The number of fused-ring (bicyclic) bond motifs is 4. The first-order valence-corrected chi connectivity index (χ1v) is 14.5. The van der Waals surface area contributed by atoms with Gasteiger partial charge in [0, 0.05) is 66.8 Å². The molecule has 0 saturated carbocycles. The van der Waals surface area contributed by atoms with Gasteiger partial charge in [-0.15, -0.1) is 0 Å². The second kappa shape index (κ2) is 9.47. The lowest BCUT2D eigenvalue weighted by Crippen LogP contribution is -2.37. The van der Waals surface area contributed by atoms with E-state index in [0.29, 0.717) is 35.4 Å². The van der Waals surface area contributed by atoms with Crippen molar-refractivity contribution in [2.45, 2.75) is 13.0 Å². The van der Waals surface area contributed by atoms with Gasteiger partial charge >= 0.3 is 0 Å². The van der Waals surface area contributed by atoms with Crippen LogP contribution in [0.2, 0.25) is 5.02 Å². The topological polar surface area (TPSA) is 84.6 Å². The van der Waals surface area contributed by atoms with Crippen molar-refractivity contribution in [1.29, 1.82) is 0 Å². The molecule has 0 spiro atoms. The van der Waals surface area contributed by atoms with E-state index in [1.807, 2.05) is 12.3 Å². The second-order valence-electron chi connectivity index (χ2n) is 9.67. The third-order valence-electron chi connectivity index (χ3n) is 7.33. The third kappa shape index (κ3) is 4.24. The molecular weight excluding hydrogens is 510 g/mol. The average molecular weight is 536 g/mol. The molecule has 190 valence electrons. The summed E-state index contributed by atoms with van der Waals surface area (Å²) in [5, 5.41) is 1.50. The maximum Gasteiger partial charge on any atom is 0.229 e. The van der Waals surface area contributed by atoms with Crippen molar-refractivity contribution < 1.29 is 13.4 Å². The van der Waals surface area contributed by atoms with Gasteiger partial charge in [-0.2, -0.15) is 0 Å². The number of allylic oxidation sites excluding steroid dienone is 1. The van der Waals surface area contributed by atoms with Crippen molar-refractivity contribution in [3.05, 3.63) is 52.2 Å². The van der Waals surface area contributed by atoms with Crippen LogP contribution in [0.3, 0.4) is 0 Å². The molecule has 1 aromatic carbocycles. The Hall–Kier alpha value is -2.85. The van der Waals surface area contributed by atoms with Crippen molar-refractivity contribution in [3.63, 3.8) is 0 Å². The van der Waals surface area contributed by atoms with Crippen LogP contribution in [0.4, 0.5) is 5.82 Å². The summed E-state index contributed by atoms with van der Waals surface area (Å²) >= 11 is 6.76. The summed E-state index contributed by atoms with van der Waals surface area (Å²) in [6.45, 7) is 5.12. The molecule has 0 amide bonds. The van der Waals surface area contributed by atoms with Crippen molar-refractivity contribution in [2.24, 2.45) is 0 Å². The van der Waals surface area contributed by atoms with E-state index in [0.717, 1.165) is 84.1 Å². The number of halogens is 1. The molecule has 2 aliphatic heterocycles. The normalized spacial score (nSPS) is 18.8. The summed E-state index contributed by atoms with van der Waals surface area (Å²) in [6, 6.07) is 6.13. The van der Waals surface area contributed by atoms with Crippen molar-refractivity contribution in [1.82, 2.24) is 19.9 Å². The molecule has 8 nitrogen and oxygen atoms in total. The zero-order chi connectivity index (χ0) is 24.9. The van der Waals surface area contributed by atoms with E-state index in [1.165, 1.54) is 5.56 Å². The predicted molar refractivity (Wildman–Crippen MR) is 146 cm³/mol. The number of morpholine rings is 1. The van der Waals surface area contributed by atoms with Gasteiger partial charge < -0.3 is 14.1 Å². The van der Waals surface area contributed by atoms with Gasteiger partial charge in [0.05, 0.1) is 23.6 Å². The van der Waals surface area contributed by atoms with Gasteiger partial charge in [-0.05, 0) is 35.2 Å². The summed E-state index contributed by atoms with van der Waals surface area (Å²) < 4.78 is 23.7. The van der Waals surface area contributed by atoms with Crippen LogP contribution >= 0.6 is 11.6 Å². The highest BCUT2D eigenvalue weighted by molar-refractivity contribution is 7.85. The number of aromatic nitrogens is 3. The first-order chi connectivity index (χ1) is 18.1. The highest BCUT2D eigenvalue weighted by Crippen LogP contribution is 2.40. The lowest BCUT2D eigenvalue weighted by molar-refractivity contribution is 0.122. The lowest BCUT2D eigenvalue weighted by atomic mass is 10.0. The van der Waals surface area contributed by atoms with Gasteiger partial charge in [-0.3, -0.25) is 9.11 Å². The Balaban J connectivity index is 1.39. The fraction of sp³-hybridized carbons (Fsp3) is 0.370. The van der Waals surface area contributed by atoms with Crippen LogP contribution < -0.4 is 4.90 Å². The molecule has 7 rings (SSSR count). The smallest absolute Gasteiger partial charge is 0.229 e. The summed E-state index contributed by atoms with van der Waals surface area (Å²) in [5.41, 5.74) is 6.16. The quantitative estimate of drug-likeness (QED) is 0.387. The molecule has 0 bridgehead atoms. The van der Waals surface area contributed by atoms with E-state index < -0.39 is 10.8 Å². The summed E-state index contributed by atoms with van der Waals surface area (Å²) in [7, 11) is -0.700. The van der Waals surface area contributed by atoms with Crippen LogP contribution in [-0.4, -0.2) is 75.0 Å². The molecule has 10 heteroatoms. The molecule has 37 heavy (non-hydrogen) atoms. The predicted octanol–water partition coefficient (Wildman–Crippen LogP) is 4.06. The number of hydrogen-bond acceptors (Lipinski definition) is 8. The zero-order valence-electron chi connectivity index (χ0n) is 20.3. The summed E-state index contributed by atoms with van der Waals surface area (Å²) in [5.74, 6) is 2.78. The largest absolute Gasteiger partial charge is 0.432 e. The minimum Gasteiger partial charge on any atom is -0.432 e. The standard InChI is InChI=1S/C27H26ClN5O3S/c28-21-5-4-18-2-1-3-19(18)22(21)25-30-23-20-14-17(16-32-8-12-37(34)13-9-32)15-29-27(20)36-24(23)26(31-25)33-6-10-35-11-7-33/h1,3-5,14-15H,2,6-13,16H2. The lowest BCUT2D eigenvalue weighted by Gasteiger charge is -2.28. The van der Waals surface area contributed by atoms with Gasteiger partial charge in [0.15, 0.2) is 17.2 Å². The Kier molecular flexibility index (Phi) is 5.96. The van der Waals surface area contributed by atoms with E-state index >= 15 is 0 Å². The van der Waals surface area contributed by atoms with E-state index in [4.69, 9.17) is 30.7 Å². The van der Waals surface area contributed by atoms with Gasteiger partial charge in [-0.1, -0.05) is 29.8 Å². The molecule has 0 unspecified atom stereocenters. The number of benzene rings is 1. The number of nitrogens with zero attached hydrogens (tertiary/aromatic N) is 5. The van der Waals surface area contributed by atoms with Gasteiger partial charge in [-0.25, -0.2) is 15.0 Å². The SMILES string of the molecule is O=S1CCN(Cc2cnc3oc4c(N5CCOCC5)nc(-c5c(Cl)ccc6c5C=CC6)nc4c3c2)CC1. The minimum atomic E-state index is -0.700. The average Bonchev–Trinajstić information content (AvgIpc) is 3.54. The molecule has 0 radical (unpaired) electrons. The third-order valence-corrected chi connectivity index (χ3v) is 8.92. The molecule has 2 saturated heterocycles. The maximum atomic E-state index is 11.8. The van der Waals surface area contributed by atoms with E-state index in [1.54, 1.807) is 0 Å². The maximum absolute atomic E-state index is 11.8. The molecule has 2 fully saturated rings. The Morgan fingerprint density at radius 1 is 1.08 bits per heavy atom. The van der Waals surface area contributed by atoms with Crippen LogP contribution in [-0.2, 0) is 28.5 Å². The number of rotatable bonds is 4. The highest BCUT2D eigenvalue weighted by Gasteiger charge is 2.26. The monoisotopic (exact) mass is 535 g/mol. The Morgan fingerprint density at radius 3 is 2.76 bits per heavy atom. The van der Waals surface area contributed by atoms with Crippen LogP contribution in [0.15, 0.2) is 34.9 Å². The van der Waals surface area contributed by atoms with Gasteiger partial charge in [0.25, 0.3) is 0 Å². The number of furan rings is 1. The second-order valence-corrected chi connectivity index (χ2v) is 11.8. The Morgan fingerprint density at radius 2 is 1.92 bits per heavy atom. The Labute approximate surface area is 221 Å². The van der Waals surface area contributed by atoms with E-state index in [2.05, 4.69) is 39.1 Å². The fourth-order valence-corrected chi connectivity index (χ4v) is 6.75. The summed E-state index contributed by atoms with van der Waals surface area (Å²) in [6.07, 6.45) is 7.00. The highest BCUT2D eigenvalue weighted by atomic mass is 35.5. The van der Waals surface area contributed by atoms with E-state index in [9.17, 15) is 4.21 Å². The van der Waals surface area contributed by atoms with Gasteiger partial charge in [0.1, 0.15) is 5.52 Å². The number of ether oxygens (including phenoxy) is 1. The first-order valence-electron chi connectivity index (χ1n) is 12.6. The van der Waals surface area contributed by atoms with Crippen LogP contribution in [0.25, 0.3) is 39.7 Å². The number of anilines is 1. The fourth-order valence-electron chi connectivity index (χ4n) is 5.37. The van der Waals surface area contributed by atoms with Crippen LogP contribution in [0.5, 0.6) is 0 Å². The number of hydrogen-bond donors (Lipinski definition) is 0. The van der Waals surface area contributed by atoms with Crippen molar-refractivity contribution in [3.8, 4) is 11.4 Å². The minimum absolute atomic E-state index is 0.545. The molecule has 3 aliphatic rings. The van der Waals surface area contributed by atoms with Crippen LogP contribution in [0, 0.1) is 0 Å². The summed E-state index contributed by atoms with van der Waals surface area (Å²) in [4.78, 5) is 19.3. The molecule has 0 N–H and O–H groups in total.